The molecule has 1 aromatic carbocycles. The number of hydrogen-bond donors (Lipinski definition) is 0. The van der Waals surface area contributed by atoms with E-state index < -0.39 is 0 Å². The van der Waals surface area contributed by atoms with Gasteiger partial charge in [-0.2, -0.15) is 0 Å². The molecule has 0 unspecified atom stereocenters. The van der Waals surface area contributed by atoms with Crippen LogP contribution in [0.1, 0.15) is 26.4 Å². The van der Waals surface area contributed by atoms with Crippen LogP contribution in [0.4, 0.5) is 0 Å². The lowest BCUT2D eigenvalue weighted by Crippen LogP contribution is -2.02. The van der Waals surface area contributed by atoms with Gasteiger partial charge in [0.15, 0.2) is 5.78 Å². The highest BCUT2D eigenvalue weighted by atomic mass is 79.9. The van der Waals surface area contributed by atoms with E-state index in [-0.39, 0.29) is 5.78 Å². The Bertz CT molecular complexity index is 587. The number of carbonyl (C=O) groups is 1. The number of hydrogen-bond acceptors (Lipinski definition) is 2. The van der Waals surface area contributed by atoms with Crippen molar-refractivity contribution in [2.24, 2.45) is 0 Å². The number of carbonyl (C=O) groups excluding carboxylic acids is 1. The fourth-order valence-electron chi connectivity index (χ4n) is 1.62. The van der Waals surface area contributed by atoms with Crippen LogP contribution in [-0.4, -0.2) is 5.78 Å². The second kappa shape index (κ2) is 5.04. The summed E-state index contributed by atoms with van der Waals surface area (Å²) in [5, 5.41) is 0. The first-order valence-corrected chi connectivity index (χ1v) is 7.46. The van der Waals surface area contributed by atoms with Crippen LogP contribution in [0.15, 0.2) is 32.5 Å². The van der Waals surface area contributed by atoms with Crippen LogP contribution in [-0.2, 0) is 0 Å². The molecule has 0 spiro atoms. The van der Waals surface area contributed by atoms with Crippen LogP contribution in [0.2, 0.25) is 0 Å². The van der Waals surface area contributed by atoms with Crippen LogP contribution < -0.4 is 0 Å². The molecule has 17 heavy (non-hydrogen) atoms. The highest BCUT2D eigenvalue weighted by Gasteiger charge is 2.16. The number of thiophene rings is 1. The van der Waals surface area contributed by atoms with Crippen LogP contribution in [0.5, 0.6) is 0 Å². The Kier molecular flexibility index (Phi) is 3.85. The summed E-state index contributed by atoms with van der Waals surface area (Å²) in [6.45, 7) is 3.97. The Balaban J connectivity index is 2.47. The lowest BCUT2D eigenvalue weighted by Gasteiger charge is -2.04. The first kappa shape index (κ1) is 13.0. The Labute approximate surface area is 121 Å². The third-order valence-electron chi connectivity index (χ3n) is 2.50. The molecule has 0 atom stereocenters. The standard InChI is InChI=1S/C13H10Br2OS/c1-7-3-4-9(11(14)5-7)13(16)10-6-12(15)17-8(10)2/h3-6H,1-2H3. The van der Waals surface area contributed by atoms with Gasteiger partial charge in [-0.15, -0.1) is 11.3 Å². The van der Waals surface area contributed by atoms with Gasteiger partial charge >= 0.3 is 0 Å². The third-order valence-corrected chi connectivity index (χ3v) is 4.71. The highest BCUT2D eigenvalue weighted by Crippen LogP contribution is 2.30. The van der Waals surface area contributed by atoms with Gasteiger partial charge in [0.1, 0.15) is 0 Å². The zero-order valence-corrected chi connectivity index (χ0v) is 13.4. The summed E-state index contributed by atoms with van der Waals surface area (Å²) in [6, 6.07) is 7.67. The summed E-state index contributed by atoms with van der Waals surface area (Å²) in [6.07, 6.45) is 0. The van der Waals surface area contributed by atoms with E-state index in [2.05, 4.69) is 31.9 Å². The van der Waals surface area contributed by atoms with Crippen LogP contribution in [0.25, 0.3) is 0 Å². The first-order chi connectivity index (χ1) is 7.99. The molecule has 0 saturated heterocycles. The molecule has 0 aliphatic heterocycles. The molecule has 88 valence electrons. The van der Waals surface area contributed by atoms with Crippen molar-refractivity contribution in [1.29, 1.82) is 0 Å². The highest BCUT2D eigenvalue weighted by molar-refractivity contribution is 9.11. The van der Waals surface area contributed by atoms with Crippen molar-refractivity contribution in [2.75, 3.05) is 0 Å². The monoisotopic (exact) mass is 372 g/mol. The van der Waals surface area contributed by atoms with E-state index in [0.717, 1.165) is 24.3 Å². The number of rotatable bonds is 2. The SMILES string of the molecule is Cc1ccc(C(=O)c2cc(Br)sc2C)c(Br)c1. The van der Waals surface area contributed by atoms with Gasteiger partial charge in [-0.05, 0) is 53.5 Å². The molecule has 2 aromatic rings. The maximum Gasteiger partial charge on any atom is 0.195 e. The lowest BCUT2D eigenvalue weighted by molar-refractivity contribution is 0.103. The van der Waals surface area contributed by atoms with Crippen LogP contribution >= 0.6 is 43.2 Å². The molecule has 0 N–H and O–H groups in total. The van der Waals surface area contributed by atoms with Crippen molar-refractivity contribution < 1.29 is 4.79 Å². The van der Waals surface area contributed by atoms with Crippen molar-refractivity contribution in [2.45, 2.75) is 13.8 Å². The molecule has 0 fully saturated rings. The summed E-state index contributed by atoms with van der Waals surface area (Å²) >= 11 is 8.44. The molecule has 0 aliphatic rings. The average molecular weight is 374 g/mol. The normalized spacial score (nSPS) is 10.6. The van der Waals surface area contributed by atoms with E-state index in [1.165, 1.54) is 0 Å². The molecule has 1 aromatic heterocycles. The maximum absolute atomic E-state index is 12.4. The topological polar surface area (TPSA) is 17.1 Å². The summed E-state index contributed by atoms with van der Waals surface area (Å²) in [5.74, 6) is 0.0660. The predicted octanol–water partition coefficient (Wildman–Crippen LogP) is 5.12. The fraction of sp³-hybridized carbons (Fsp3) is 0.154. The molecular weight excluding hydrogens is 364 g/mol. The number of benzene rings is 1. The second-order valence-electron chi connectivity index (χ2n) is 3.83. The smallest absolute Gasteiger partial charge is 0.195 e. The Hall–Kier alpha value is -0.450. The molecule has 4 heteroatoms. The van der Waals surface area contributed by atoms with Gasteiger partial charge in [0, 0.05) is 20.5 Å². The summed E-state index contributed by atoms with van der Waals surface area (Å²) < 4.78 is 1.84. The fourth-order valence-corrected chi connectivity index (χ4v) is 3.98. The Morgan fingerprint density at radius 2 is 1.82 bits per heavy atom. The quantitative estimate of drug-likeness (QED) is 0.667. The molecule has 1 heterocycles. The zero-order chi connectivity index (χ0) is 12.6. The lowest BCUT2D eigenvalue weighted by atomic mass is 10.0. The molecule has 0 radical (unpaired) electrons. The van der Waals surface area contributed by atoms with E-state index in [1.54, 1.807) is 11.3 Å². The third kappa shape index (κ3) is 2.69. The minimum atomic E-state index is 0.0660. The van der Waals surface area contributed by atoms with Gasteiger partial charge in [0.25, 0.3) is 0 Å². The van der Waals surface area contributed by atoms with Gasteiger partial charge in [0.05, 0.1) is 3.79 Å². The van der Waals surface area contributed by atoms with Gasteiger partial charge in [-0.25, -0.2) is 0 Å². The molecule has 0 aliphatic carbocycles. The van der Waals surface area contributed by atoms with E-state index in [1.807, 2.05) is 38.1 Å². The first-order valence-electron chi connectivity index (χ1n) is 5.06. The maximum atomic E-state index is 12.4. The second-order valence-corrected chi connectivity index (χ2v) is 7.32. The largest absolute Gasteiger partial charge is 0.289 e. The predicted molar refractivity (Wildman–Crippen MR) is 79.1 cm³/mol. The summed E-state index contributed by atoms with van der Waals surface area (Å²) in [4.78, 5) is 13.4. The van der Waals surface area contributed by atoms with Crippen LogP contribution in [0.3, 0.4) is 0 Å². The van der Waals surface area contributed by atoms with Crippen molar-refractivity contribution in [3.63, 3.8) is 0 Å². The molecule has 0 amide bonds. The Morgan fingerprint density at radius 3 is 2.35 bits per heavy atom. The molecule has 1 nitrogen and oxygen atoms in total. The van der Waals surface area contributed by atoms with E-state index in [9.17, 15) is 4.79 Å². The van der Waals surface area contributed by atoms with Gasteiger partial charge in [-0.3, -0.25) is 4.79 Å². The molecular formula is C13H10Br2OS. The molecule has 2 rings (SSSR count). The van der Waals surface area contributed by atoms with E-state index in [4.69, 9.17) is 0 Å². The van der Waals surface area contributed by atoms with Gasteiger partial charge in [0.2, 0.25) is 0 Å². The Morgan fingerprint density at radius 1 is 1.12 bits per heavy atom. The molecule has 0 saturated carbocycles. The number of aryl methyl sites for hydroxylation is 2. The van der Waals surface area contributed by atoms with Crippen molar-refractivity contribution in [1.82, 2.24) is 0 Å². The van der Waals surface area contributed by atoms with Gasteiger partial charge in [-0.1, -0.05) is 22.0 Å². The number of ketones is 1. The minimum Gasteiger partial charge on any atom is -0.289 e. The van der Waals surface area contributed by atoms with Crippen molar-refractivity contribution in [3.05, 3.63) is 54.1 Å². The molecule has 0 bridgehead atoms. The average Bonchev–Trinajstić information content (AvgIpc) is 2.57. The number of halogens is 2. The summed E-state index contributed by atoms with van der Waals surface area (Å²) in [5.41, 5.74) is 2.62. The zero-order valence-electron chi connectivity index (χ0n) is 9.38. The summed E-state index contributed by atoms with van der Waals surface area (Å²) in [7, 11) is 0. The van der Waals surface area contributed by atoms with Crippen molar-refractivity contribution >= 4 is 49.0 Å². The van der Waals surface area contributed by atoms with Crippen LogP contribution in [0, 0.1) is 13.8 Å². The van der Waals surface area contributed by atoms with Gasteiger partial charge < -0.3 is 0 Å². The minimum absolute atomic E-state index is 0.0660. The van der Waals surface area contributed by atoms with E-state index >= 15 is 0 Å². The van der Waals surface area contributed by atoms with Crippen molar-refractivity contribution in [3.8, 4) is 0 Å². The van der Waals surface area contributed by atoms with E-state index in [0.29, 0.717) is 5.56 Å².